The van der Waals surface area contributed by atoms with Crippen LogP contribution in [-0.4, -0.2) is 13.7 Å². The molecule has 3 aromatic rings. The number of methoxy groups -OCH3 is 1. The van der Waals surface area contributed by atoms with Crippen LogP contribution >= 0.6 is 24.0 Å². The molecule has 3 rings (SSSR count). The van der Waals surface area contributed by atoms with Crippen molar-refractivity contribution in [1.29, 1.82) is 0 Å². The first-order valence-corrected chi connectivity index (χ1v) is 9.41. The van der Waals surface area contributed by atoms with Gasteiger partial charge in [0.2, 0.25) is 0 Å². The van der Waals surface area contributed by atoms with Gasteiger partial charge in [0.15, 0.2) is 11.5 Å². The Morgan fingerprint density at radius 3 is 2.25 bits per heavy atom. The summed E-state index contributed by atoms with van der Waals surface area (Å²) in [6, 6.07) is 24.2. The van der Waals surface area contributed by atoms with Crippen LogP contribution in [0.1, 0.15) is 16.7 Å². The molecule has 148 valence electrons. The zero-order chi connectivity index (χ0) is 18.9. The van der Waals surface area contributed by atoms with Gasteiger partial charge in [0.05, 0.1) is 7.11 Å². The molecule has 0 unspecified atom stereocenters. The number of hydrogen-bond donors (Lipinski definition) is 1. The first-order valence-electron chi connectivity index (χ1n) is 9.03. The van der Waals surface area contributed by atoms with Crippen LogP contribution in [-0.2, 0) is 19.6 Å². The van der Waals surface area contributed by atoms with Crippen molar-refractivity contribution < 1.29 is 9.47 Å². The maximum atomic E-state index is 5.91. The fourth-order valence-electron chi connectivity index (χ4n) is 2.79. The summed E-state index contributed by atoms with van der Waals surface area (Å²) < 4.78 is 11.4. The Kier molecular flexibility index (Phi) is 9.15. The molecule has 0 atom stereocenters. The average Bonchev–Trinajstić information content (AvgIpc) is 2.72. The standard InChI is InChI=1S/C23H24ClNO2.ClH/c1-26-23-15-20(16-25-14-13-18-5-3-2-4-6-18)9-12-22(23)27-17-19-7-10-21(24)11-8-19;/h2-12,15,25H,13-14,16-17H2,1H3;1H. The number of ether oxygens (including phenoxy) is 2. The van der Waals surface area contributed by atoms with Crippen LogP contribution in [0.5, 0.6) is 11.5 Å². The van der Waals surface area contributed by atoms with Gasteiger partial charge < -0.3 is 14.8 Å². The van der Waals surface area contributed by atoms with Crippen molar-refractivity contribution in [3.8, 4) is 11.5 Å². The van der Waals surface area contributed by atoms with Crippen molar-refractivity contribution in [2.45, 2.75) is 19.6 Å². The van der Waals surface area contributed by atoms with Gasteiger partial charge in [-0.15, -0.1) is 12.4 Å². The Morgan fingerprint density at radius 1 is 0.821 bits per heavy atom. The minimum atomic E-state index is 0. The molecule has 0 fully saturated rings. The van der Waals surface area contributed by atoms with Crippen LogP contribution in [0.4, 0.5) is 0 Å². The average molecular weight is 418 g/mol. The largest absolute Gasteiger partial charge is 0.493 e. The molecular weight excluding hydrogens is 393 g/mol. The maximum absolute atomic E-state index is 5.91. The SMILES string of the molecule is COc1cc(CNCCc2ccccc2)ccc1OCc1ccc(Cl)cc1.Cl. The van der Waals surface area contributed by atoms with E-state index in [0.717, 1.165) is 41.6 Å². The first kappa shape index (κ1) is 22.1. The van der Waals surface area contributed by atoms with Gasteiger partial charge in [-0.2, -0.15) is 0 Å². The molecule has 0 saturated carbocycles. The molecule has 0 radical (unpaired) electrons. The Balaban J connectivity index is 0.00000280. The third kappa shape index (κ3) is 6.75. The van der Waals surface area contributed by atoms with E-state index in [0.29, 0.717) is 6.61 Å². The van der Waals surface area contributed by atoms with E-state index in [1.807, 2.05) is 42.5 Å². The van der Waals surface area contributed by atoms with Gasteiger partial charge in [-0.3, -0.25) is 0 Å². The molecule has 5 heteroatoms. The predicted molar refractivity (Wildman–Crippen MR) is 118 cm³/mol. The summed E-state index contributed by atoms with van der Waals surface area (Å²) in [6.45, 7) is 2.20. The van der Waals surface area contributed by atoms with Crippen molar-refractivity contribution in [3.05, 3.63) is 94.5 Å². The topological polar surface area (TPSA) is 30.5 Å². The second-order valence-corrected chi connectivity index (χ2v) is 6.75. The Hall–Kier alpha value is -2.20. The monoisotopic (exact) mass is 417 g/mol. The van der Waals surface area contributed by atoms with Gasteiger partial charge in [0, 0.05) is 11.6 Å². The van der Waals surface area contributed by atoms with Crippen LogP contribution in [0.3, 0.4) is 0 Å². The van der Waals surface area contributed by atoms with Crippen molar-refractivity contribution in [2.24, 2.45) is 0 Å². The summed E-state index contributed by atoms with van der Waals surface area (Å²) in [6.07, 6.45) is 1.01. The molecule has 0 aliphatic rings. The number of rotatable bonds is 9. The molecule has 0 aliphatic heterocycles. The van der Waals surface area contributed by atoms with Crippen LogP contribution < -0.4 is 14.8 Å². The summed E-state index contributed by atoms with van der Waals surface area (Å²) in [7, 11) is 1.66. The summed E-state index contributed by atoms with van der Waals surface area (Å²) in [5.74, 6) is 1.48. The van der Waals surface area contributed by atoms with E-state index >= 15 is 0 Å². The molecule has 0 heterocycles. The molecule has 0 aromatic heterocycles. The highest BCUT2D eigenvalue weighted by Crippen LogP contribution is 2.29. The molecule has 0 amide bonds. The second kappa shape index (κ2) is 11.6. The van der Waals surface area contributed by atoms with Gasteiger partial charge >= 0.3 is 0 Å². The summed E-state index contributed by atoms with van der Waals surface area (Å²) in [5.41, 5.74) is 3.57. The van der Waals surface area contributed by atoms with Gasteiger partial charge in [-0.25, -0.2) is 0 Å². The summed E-state index contributed by atoms with van der Waals surface area (Å²) in [4.78, 5) is 0. The van der Waals surface area contributed by atoms with Crippen LogP contribution in [0, 0.1) is 0 Å². The second-order valence-electron chi connectivity index (χ2n) is 6.31. The van der Waals surface area contributed by atoms with Crippen molar-refractivity contribution in [3.63, 3.8) is 0 Å². The van der Waals surface area contributed by atoms with E-state index in [-0.39, 0.29) is 12.4 Å². The van der Waals surface area contributed by atoms with Crippen LogP contribution in [0.15, 0.2) is 72.8 Å². The van der Waals surface area contributed by atoms with Gasteiger partial charge in [-0.05, 0) is 53.9 Å². The third-order valence-corrected chi connectivity index (χ3v) is 4.55. The highest BCUT2D eigenvalue weighted by atomic mass is 35.5. The Labute approximate surface area is 178 Å². The minimum Gasteiger partial charge on any atom is -0.493 e. The summed E-state index contributed by atoms with van der Waals surface area (Å²) in [5, 5.41) is 4.20. The first-order chi connectivity index (χ1) is 13.2. The highest BCUT2D eigenvalue weighted by molar-refractivity contribution is 6.30. The number of nitrogens with one attached hydrogen (secondary N) is 1. The minimum absolute atomic E-state index is 0. The Morgan fingerprint density at radius 2 is 1.54 bits per heavy atom. The predicted octanol–water partition coefficient (Wildman–Crippen LogP) is 5.68. The van der Waals surface area contributed by atoms with Gasteiger partial charge in [0.1, 0.15) is 6.61 Å². The molecule has 1 N–H and O–H groups in total. The lowest BCUT2D eigenvalue weighted by Crippen LogP contribution is -2.16. The van der Waals surface area contributed by atoms with Crippen LogP contribution in [0.25, 0.3) is 0 Å². The number of hydrogen-bond acceptors (Lipinski definition) is 3. The normalized spacial score (nSPS) is 10.2. The molecular formula is C23H25Cl2NO2. The van der Waals surface area contributed by atoms with E-state index in [1.165, 1.54) is 11.1 Å². The van der Waals surface area contributed by atoms with Gasteiger partial charge in [0.25, 0.3) is 0 Å². The zero-order valence-corrected chi connectivity index (χ0v) is 17.4. The van der Waals surface area contributed by atoms with E-state index in [4.69, 9.17) is 21.1 Å². The molecule has 3 aromatic carbocycles. The smallest absolute Gasteiger partial charge is 0.161 e. The van der Waals surface area contributed by atoms with Crippen LogP contribution in [0.2, 0.25) is 5.02 Å². The lowest BCUT2D eigenvalue weighted by Gasteiger charge is -2.13. The highest BCUT2D eigenvalue weighted by Gasteiger charge is 2.06. The molecule has 0 spiro atoms. The lowest BCUT2D eigenvalue weighted by molar-refractivity contribution is 0.284. The molecule has 0 bridgehead atoms. The quantitative estimate of drug-likeness (QED) is 0.454. The van der Waals surface area contributed by atoms with Gasteiger partial charge in [-0.1, -0.05) is 60.1 Å². The molecule has 0 saturated heterocycles. The number of halogens is 2. The van der Waals surface area contributed by atoms with Crippen molar-refractivity contribution >= 4 is 24.0 Å². The van der Waals surface area contributed by atoms with Crippen molar-refractivity contribution in [1.82, 2.24) is 5.32 Å². The van der Waals surface area contributed by atoms with E-state index in [9.17, 15) is 0 Å². The molecule has 3 nitrogen and oxygen atoms in total. The fourth-order valence-corrected chi connectivity index (χ4v) is 2.92. The third-order valence-electron chi connectivity index (χ3n) is 4.30. The van der Waals surface area contributed by atoms with E-state index < -0.39 is 0 Å². The maximum Gasteiger partial charge on any atom is 0.161 e. The molecule has 28 heavy (non-hydrogen) atoms. The fraction of sp³-hybridized carbons (Fsp3) is 0.217. The lowest BCUT2D eigenvalue weighted by atomic mass is 10.1. The van der Waals surface area contributed by atoms with Crippen molar-refractivity contribution in [2.75, 3.05) is 13.7 Å². The zero-order valence-electron chi connectivity index (χ0n) is 15.9. The van der Waals surface area contributed by atoms with E-state index in [2.05, 4.69) is 35.6 Å². The van der Waals surface area contributed by atoms with E-state index in [1.54, 1.807) is 7.11 Å². The Bertz CT molecular complexity index is 839. The molecule has 0 aliphatic carbocycles. The number of benzene rings is 3. The summed E-state index contributed by atoms with van der Waals surface area (Å²) >= 11 is 5.91.